The first kappa shape index (κ1) is 20.2. The number of nitrogens with zero attached hydrogens (tertiary/aromatic N) is 2. The Bertz CT molecular complexity index is 1150. The zero-order valence-electron chi connectivity index (χ0n) is 15.7. The monoisotopic (exact) mass is 408 g/mol. The molecule has 0 aliphatic heterocycles. The predicted octanol–water partition coefficient (Wildman–Crippen LogP) is 3.63. The fourth-order valence-corrected chi connectivity index (χ4v) is 2.67. The zero-order chi connectivity index (χ0) is 21.0. The minimum absolute atomic E-state index is 0.0443. The van der Waals surface area contributed by atoms with Gasteiger partial charge in [0.25, 0.3) is 5.56 Å². The Labute approximate surface area is 171 Å². The molecule has 1 aromatic heterocycles. The number of ketones is 2. The number of hydrazone groups is 1. The van der Waals surface area contributed by atoms with Gasteiger partial charge >= 0.3 is 0 Å². The molecule has 3 rings (SSSR count). The van der Waals surface area contributed by atoms with Gasteiger partial charge in [0.15, 0.2) is 17.3 Å². The first-order valence-electron chi connectivity index (χ1n) is 8.67. The predicted molar refractivity (Wildman–Crippen MR) is 112 cm³/mol. The van der Waals surface area contributed by atoms with Crippen molar-refractivity contribution in [1.82, 2.24) is 9.97 Å². The SMILES string of the molecule is CC(=O)c1ccc(N/N=C(\C(=O)c2ccc(Cl)cc2)c2nc(C)cc(=O)[nH]2)cc1. The molecule has 2 N–H and O–H groups in total. The van der Waals surface area contributed by atoms with E-state index in [-0.39, 0.29) is 17.3 Å². The molecule has 0 radical (unpaired) electrons. The van der Waals surface area contributed by atoms with Crippen LogP contribution in [0.25, 0.3) is 0 Å². The highest BCUT2D eigenvalue weighted by Gasteiger charge is 2.19. The van der Waals surface area contributed by atoms with Gasteiger partial charge in [-0.15, -0.1) is 0 Å². The summed E-state index contributed by atoms with van der Waals surface area (Å²) in [6.07, 6.45) is 0. The summed E-state index contributed by atoms with van der Waals surface area (Å²) in [4.78, 5) is 43.1. The second kappa shape index (κ2) is 8.62. The molecule has 0 aliphatic carbocycles. The molecule has 0 saturated carbocycles. The molecule has 0 unspecified atom stereocenters. The van der Waals surface area contributed by atoms with E-state index < -0.39 is 11.3 Å². The van der Waals surface area contributed by atoms with Crippen molar-refractivity contribution in [3.05, 3.63) is 92.6 Å². The Kier molecular flexibility index (Phi) is 5.99. The van der Waals surface area contributed by atoms with E-state index in [1.54, 1.807) is 55.5 Å². The van der Waals surface area contributed by atoms with Crippen LogP contribution in [0.4, 0.5) is 5.69 Å². The van der Waals surface area contributed by atoms with Gasteiger partial charge in [-0.3, -0.25) is 19.8 Å². The van der Waals surface area contributed by atoms with E-state index in [2.05, 4.69) is 20.5 Å². The van der Waals surface area contributed by atoms with Gasteiger partial charge in [-0.05, 0) is 62.4 Å². The molecule has 8 heteroatoms. The Balaban J connectivity index is 2.00. The number of anilines is 1. The first-order valence-corrected chi connectivity index (χ1v) is 9.04. The molecular weight excluding hydrogens is 392 g/mol. The van der Waals surface area contributed by atoms with Gasteiger partial charge in [0.1, 0.15) is 0 Å². The van der Waals surface area contributed by atoms with Gasteiger partial charge < -0.3 is 4.98 Å². The summed E-state index contributed by atoms with van der Waals surface area (Å²) in [6, 6.07) is 14.3. The van der Waals surface area contributed by atoms with Crippen molar-refractivity contribution < 1.29 is 9.59 Å². The number of Topliss-reactive ketones (excluding diaryl/α,β-unsaturated/α-hetero) is 2. The van der Waals surface area contributed by atoms with Crippen LogP contribution in [-0.4, -0.2) is 27.2 Å². The van der Waals surface area contributed by atoms with Crippen molar-refractivity contribution >= 4 is 34.6 Å². The van der Waals surface area contributed by atoms with Crippen LogP contribution in [0.15, 0.2) is 64.5 Å². The maximum absolute atomic E-state index is 13.0. The van der Waals surface area contributed by atoms with Crippen molar-refractivity contribution in [2.45, 2.75) is 13.8 Å². The standard InChI is InChI=1S/C21H17ClN4O3/c1-12-11-18(28)24-21(23-12)19(20(29)15-3-7-16(22)8-4-15)26-25-17-9-5-14(6-10-17)13(2)27/h3-11,25H,1-2H3,(H,23,24,28)/b26-19+. The average molecular weight is 409 g/mol. The topological polar surface area (TPSA) is 104 Å². The molecular formula is C21H17ClN4O3. The van der Waals surface area contributed by atoms with Gasteiger partial charge in [0.2, 0.25) is 5.78 Å². The summed E-state index contributed by atoms with van der Waals surface area (Å²) in [5.74, 6) is -0.453. The number of hydrogen-bond donors (Lipinski definition) is 2. The minimum Gasteiger partial charge on any atom is -0.305 e. The van der Waals surface area contributed by atoms with E-state index in [1.165, 1.54) is 13.0 Å². The third-order valence-corrected chi connectivity index (χ3v) is 4.26. The van der Waals surface area contributed by atoms with Gasteiger partial charge in [-0.2, -0.15) is 5.10 Å². The minimum atomic E-state index is -0.441. The quantitative estimate of drug-likeness (QED) is 0.368. The summed E-state index contributed by atoms with van der Waals surface area (Å²) >= 11 is 5.89. The lowest BCUT2D eigenvalue weighted by molar-refractivity contribution is 0.101. The van der Waals surface area contributed by atoms with Crippen LogP contribution in [0.3, 0.4) is 0 Å². The molecule has 2 aromatic carbocycles. The van der Waals surface area contributed by atoms with E-state index in [0.29, 0.717) is 27.5 Å². The van der Waals surface area contributed by atoms with Gasteiger partial charge in [-0.25, -0.2) is 4.98 Å². The van der Waals surface area contributed by atoms with Crippen LogP contribution in [0.2, 0.25) is 5.02 Å². The smallest absolute Gasteiger partial charge is 0.251 e. The second-order valence-corrected chi connectivity index (χ2v) is 6.71. The molecule has 29 heavy (non-hydrogen) atoms. The van der Waals surface area contributed by atoms with Crippen molar-refractivity contribution in [3.8, 4) is 0 Å². The lowest BCUT2D eigenvalue weighted by Crippen LogP contribution is -2.24. The lowest BCUT2D eigenvalue weighted by atomic mass is 10.1. The van der Waals surface area contributed by atoms with Crippen molar-refractivity contribution in [2.75, 3.05) is 5.43 Å². The lowest BCUT2D eigenvalue weighted by Gasteiger charge is -2.08. The van der Waals surface area contributed by atoms with Crippen LogP contribution < -0.4 is 11.0 Å². The normalized spacial score (nSPS) is 11.2. The molecule has 0 spiro atoms. The molecule has 0 fully saturated rings. The van der Waals surface area contributed by atoms with Crippen LogP contribution in [0.1, 0.15) is 39.2 Å². The third-order valence-electron chi connectivity index (χ3n) is 4.00. The van der Waals surface area contributed by atoms with E-state index in [0.717, 1.165) is 0 Å². The van der Waals surface area contributed by atoms with Gasteiger partial charge in [0, 0.05) is 27.9 Å². The number of halogens is 1. The van der Waals surface area contributed by atoms with Crippen LogP contribution in [-0.2, 0) is 0 Å². The molecule has 0 aliphatic rings. The van der Waals surface area contributed by atoms with E-state index in [9.17, 15) is 14.4 Å². The second-order valence-electron chi connectivity index (χ2n) is 6.28. The van der Waals surface area contributed by atoms with Gasteiger partial charge in [-0.1, -0.05) is 11.6 Å². The molecule has 146 valence electrons. The number of rotatable bonds is 6. The van der Waals surface area contributed by atoms with Crippen molar-refractivity contribution in [3.63, 3.8) is 0 Å². The highest BCUT2D eigenvalue weighted by molar-refractivity contribution is 6.50. The van der Waals surface area contributed by atoms with E-state index in [1.807, 2.05) is 0 Å². The summed E-state index contributed by atoms with van der Waals surface area (Å²) in [6.45, 7) is 3.13. The number of aryl methyl sites for hydroxylation is 1. The number of H-pyrrole nitrogens is 1. The number of hydrogen-bond acceptors (Lipinski definition) is 6. The third kappa shape index (κ3) is 5.03. The first-order chi connectivity index (χ1) is 13.8. The highest BCUT2D eigenvalue weighted by Crippen LogP contribution is 2.14. The molecule has 0 amide bonds. The maximum Gasteiger partial charge on any atom is 0.251 e. The summed E-state index contributed by atoms with van der Waals surface area (Å²) in [5, 5.41) is 4.68. The number of aromatic nitrogens is 2. The summed E-state index contributed by atoms with van der Waals surface area (Å²) < 4.78 is 0. The zero-order valence-corrected chi connectivity index (χ0v) is 16.4. The summed E-state index contributed by atoms with van der Waals surface area (Å²) in [5.41, 5.74) is 4.23. The highest BCUT2D eigenvalue weighted by atomic mass is 35.5. The Morgan fingerprint density at radius 1 is 1.03 bits per heavy atom. The number of aromatic amines is 1. The molecule has 7 nitrogen and oxygen atoms in total. The Morgan fingerprint density at radius 3 is 2.24 bits per heavy atom. The summed E-state index contributed by atoms with van der Waals surface area (Å²) in [7, 11) is 0. The molecule has 0 bridgehead atoms. The molecule has 1 heterocycles. The van der Waals surface area contributed by atoms with Crippen molar-refractivity contribution in [2.24, 2.45) is 5.10 Å². The molecule has 0 saturated heterocycles. The fraction of sp³-hybridized carbons (Fsp3) is 0.0952. The number of nitrogens with one attached hydrogen (secondary N) is 2. The number of carbonyl (C=O) groups is 2. The van der Waals surface area contributed by atoms with E-state index in [4.69, 9.17) is 11.6 Å². The maximum atomic E-state index is 13.0. The fourth-order valence-electron chi connectivity index (χ4n) is 2.54. The van der Waals surface area contributed by atoms with Crippen molar-refractivity contribution in [1.29, 1.82) is 0 Å². The van der Waals surface area contributed by atoms with E-state index >= 15 is 0 Å². The van der Waals surface area contributed by atoms with Crippen LogP contribution >= 0.6 is 11.6 Å². The Hall–Kier alpha value is -3.58. The number of benzene rings is 2. The van der Waals surface area contributed by atoms with Crippen LogP contribution in [0.5, 0.6) is 0 Å². The largest absolute Gasteiger partial charge is 0.305 e. The average Bonchev–Trinajstić information content (AvgIpc) is 2.68. The number of carbonyl (C=O) groups excluding carboxylic acids is 2. The molecule has 3 aromatic rings. The van der Waals surface area contributed by atoms with Gasteiger partial charge in [0.05, 0.1) is 5.69 Å². The Morgan fingerprint density at radius 2 is 1.66 bits per heavy atom. The van der Waals surface area contributed by atoms with Crippen LogP contribution in [0, 0.1) is 6.92 Å². The molecule has 0 atom stereocenters.